The Morgan fingerprint density at radius 1 is 1.21 bits per heavy atom. The zero-order valence-corrected chi connectivity index (χ0v) is 20.0. The van der Waals surface area contributed by atoms with Crippen molar-refractivity contribution in [1.82, 2.24) is 20.2 Å². The molecule has 1 fully saturated rings. The van der Waals surface area contributed by atoms with E-state index in [9.17, 15) is 9.59 Å². The van der Waals surface area contributed by atoms with E-state index in [0.29, 0.717) is 50.8 Å². The van der Waals surface area contributed by atoms with Crippen LogP contribution in [0.2, 0.25) is 0 Å². The number of methoxy groups -OCH3 is 1. The molecule has 0 spiro atoms. The molecule has 2 aromatic rings. The smallest absolute Gasteiger partial charge is 0.319 e. The predicted octanol–water partition coefficient (Wildman–Crippen LogP) is 2.04. The Kier molecular flexibility index (Phi) is 7.59. The molecular formula is C24H32N6O4. The molecule has 1 aromatic carbocycles. The maximum atomic E-state index is 12.5. The highest BCUT2D eigenvalue weighted by atomic mass is 16.5. The van der Waals surface area contributed by atoms with Crippen LogP contribution in [-0.2, 0) is 27.2 Å². The van der Waals surface area contributed by atoms with E-state index in [1.54, 1.807) is 0 Å². The number of fused-ring (bicyclic) bond motifs is 1. The molecule has 1 aromatic heterocycles. The van der Waals surface area contributed by atoms with Crippen LogP contribution in [-0.4, -0.2) is 79.4 Å². The van der Waals surface area contributed by atoms with Crippen LogP contribution < -0.4 is 15.5 Å². The minimum Gasteiger partial charge on any atom is -0.377 e. The number of nitrogens with zero attached hydrogens (tertiary/aromatic N) is 4. The Balaban J connectivity index is 1.67. The van der Waals surface area contributed by atoms with Gasteiger partial charge in [0, 0.05) is 50.0 Å². The van der Waals surface area contributed by atoms with Gasteiger partial charge in [-0.1, -0.05) is 0 Å². The van der Waals surface area contributed by atoms with Gasteiger partial charge in [0.2, 0.25) is 5.91 Å². The standard InChI is InChI=1S/C24H32N6O4/c1-4-25-24(32)26-18-7-5-17(6-8-18)22-27-20-9-10-29(21(31)15-33-3)13-19(20)23(28-22)30-11-12-34-14-16(30)2/h5-8,16H,4,9-15H2,1-3H3,(H2,25,26,32)/t16-/m0/s1. The first-order valence-corrected chi connectivity index (χ1v) is 11.7. The molecule has 4 rings (SSSR count). The van der Waals surface area contributed by atoms with E-state index in [2.05, 4.69) is 22.5 Å². The number of aromatic nitrogens is 2. The van der Waals surface area contributed by atoms with E-state index in [1.165, 1.54) is 7.11 Å². The lowest BCUT2D eigenvalue weighted by molar-refractivity contribution is -0.136. The third-order valence-electron chi connectivity index (χ3n) is 6.04. The monoisotopic (exact) mass is 468 g/mol. The summed E-state index contributed by atoms with van der Waals surface area (Å²) in [4.78, 5) is 38.2. The molecular weight excluding hydrogens is 436 g/mol. The van der Waals surface area contributed by atoms with Crippen molar-refractivity contribution >= 4 is 23.4 Å². The minimum atomic E-state index is -0.239. The first kappa shape index (κ1) is 23.9. The van der Waals surface area contributed by atoms with Crippen LogP contribution in [0.3, 0.4) is 0 Å². The lowest BCUT2D eigenvalue weighted by atomic mass is 10.0. The van der Waals surface area contributed by atoms with Gasteiger partial charge in [-0.25, -0.2) is 14.8 Å². The van der Waals surface area contributed by atoms with E-state index >= 15 is 0 Å². The van der Waals surface area contributed by atoms with Gasteiger partial charge < -0.3 is 29.9 Å². The summed E-state index contributed by atoms with van der Waals surface area (Å²) in [6, 6.07) is 7.43. The number of carbonyl (C=O) groups is 2. The number of amides is 3. The van der Waals surface area contributed by atoms with Gasteiger partial charge in [0.15, 0.2) is 5.82 Å². The van der Waals surface area contributed by atoms with Crippen LogP contribution >= 0.6 is 0 Å². The maximum Gasteiger partial charge on any atom is 0.319 e. The number of morpholine rings is 1. The highest BCUT2D eigenvalue weighted by Gasteiger charge is 2.30. The molecule has 2 aliphatic rings. The molecule has 34 heavy (non-hydrogen) atoms. The number of benzene rings is 1. The van der Waals surface area contributed by atoms with Gasteiger partial charge in [0.05, 0.1) is 31.5 Å². The molecule has 0 aliphatic carbocycles. The third kappa shape index (κ3) is 5.28. The average molecular weight is 469 g/mol. The number of hydrogen-bond acceptors (Lipinski definition) is 7. The van der Waals surface area contributed by atoms with Crippen molar-refractivity contribution in [2.75, 3.05) is 56.8 Å². The second kappa shape index (κ2) is 10.8. The molecule has 0 bridgehead atoms. The van der Waals surface area contributed by atoms with Gasteiger partial charge in [0.1, 0.15) is 12.4 Å². The summed E-state index contributed by atoms with van der Waals surface area (Å²) in [6.45, 7) is 7.66. The highest BCUT2D eigenvalue weighted by molar-refractivity contribution is 5.89. The maximum absolute atomic E-state index is 12.5. The number of rotatable bonds is 6. The fraction of sp³-hybridized carbons (Fsp3) is 0.500. The second-order valence-electron chi connectivity index (χ2n) is 8.47. The fourth-order valence-electron chi connectivity index (χ4n) is 4.27. The first-order chi connectivity index (χ1) is 16.5. The normalized spacial score (nSPS) is 17.8. The third-order valence-corrected chi connectivity index (χ3v) is 6.04. The van der Waals surface area contributed by atoms with Gasteiger partial charge in [0.25, 0.3) is 0 Å². The van der Waals surface area contributed by atoms with Crippen LogP contribution in [0.1, 0.15) is 25.1 Å². The topological polar surface area (TPSA) is 109 Å². The van der Waals surface area contributed by atoms with Crippen molar-refractivity contribution in [3.05, 3.63) is 35.5 Å². The summed E-state index contributed by atoms with van der Waals surface area (Å²) in [5.74, 6) is 1.46. The number of nitrogens with one attached hydrogen (secondary N) is 2. The molecule has 10 heteroatoms. The quantitative estimate of drug-likeness (QED) is 0.668. The van der Waals surface area contributed by atoms with Crippen molar-refractivity contribution in [1.29, 1.82) is 0 Å². The van der Waals surface area contributed by atoms with Gasteiger partial charge in [-0.3, -0.25) is 4.79 Å². The molecule has 1 atom stereocenters. The van der Waals surface area contributed by atoms with Crippen molar-refractivity contribution in [3.8, 4) is 11.4 Å². The Hall–Kier alpha value is -3.24. The summed E-state index contributed by atoms with van der Waals surface area (Å²) in [5.41, 5.74) is 3.51. The summed E-state index contributed by atoms with van der Waals surface area (Å²) in [7, 11) is 1.53. The zero-order valence-electron chi connectivity index (χ0n) is 20.0. The number of ether oxygens (including phenoxy) is 2. The lowest BCUT2D eigenvalue weighted by Crippen LogP contribution is -2.46. The molecule has 10 nitrogen and oxygen atoms in total. The van der Waals surface area contributed by atoms with Crippen molar-refractivity contribution in [2.45, 2.75) is 32.9 Å². The molecule has 3 amide bonds. The Labute approximate surface area is 199 Å². The largest absolute Gasteiger partial charge is 0.377 e. The minimum absolute atomic E-state index is 0.0339. The second-order valence-corrected chi connectivity index (χ2v) is 8.47. The lowest BCUT2D eigenvalue weighted by Gasteiger charge is -2.38. The SMILES string of the molecule is CCNC(=O)Nc1ccc(-c2nc3c(c(N4CCOC[C@@H]4C)n2)CN(C(=O)COC)CC3)cc1. The molecule has 3 heterocycles. The average Bonchev–Trinajstić information content (AvgIpc) is 2.84. The van der Waals surface area contributed by atoms with Crippen LogP contribution in [0.4, 0.5) is 16.3 Å². The Morgan fingerprint density at radius 3 is 2.71 bits per heavy atom. The van der Waals surface area contributed by atoms with E-state index in [4.69, 9.17) is 19.4 Å². The van der Waals surface area contributed by atoms with E-state index < -0.39 is 0 Å². The molecule has 0 radical (unpaired) electrons. The van der Waals surface area contributed by atoms with Crippen molar-refractivity contribution < 1.29 is 19.1 Å². The summed E-state index contributed by atoms with van der Waals surface area (Å²) in [5, 5.41) is 5.52. The summed E-state index contributed by atoms with van der Waals surface area (Å²) >= 11 is 0. The molecule has 182 valence electrons. The highest BCUT2D eigenvalue weighted by Crippen LogP contribution is 2.32. The van der Waals surface area contributed by atoms with Gasteiger partial charge >= 0.3 is 6.03 Å². The van der Waals surface area contributed by atoms with Gasteiger partial charge in [-0.05, 0) is 38.1 Å². The molecule has 2 aliphatic heterocycles. The van der Waals surface area contributed by atoms with Gasteiger partial charge in [-0.2, -0.15) is 0 Å². The Morgan fingerprint density at radius 2 is 2.00 bits per heavy atom. The van der Waals surface area contributed by atoms with Crippen LogP contribution in [0.15, 0.2) is 24.3 Å². The first-order valence-electron chi connectivity index (χ1n) is 11.7. The number of hydrogen-bond donors (Lipinski definition) is 2. The van der Waals surface area contributed by atoms with E-state index in [1.807, 2.05) is 36.1 Å². The van der Waals surface area contributed by atoms with E-state index in [0.717, 1.165) is 29.2 Å². The van der Waals surface area contributed by atoms with Crippen LogP contribution in [0.5, 0.6) is 0 Å². The van der Waals surface area contributed by atoms with Crippen molar-refractivity contribution in [2.24, 2.45) is 0 Å². The van der Waals surface area contributed by atoms with Crippen LogP contribution in [0.25, 0.3) is 11.4 Å². The summed E-state index contributed by atoms with van der Waals surface area (Å²) < 4.78 is 10.7. The molecule has 0 saturated carbocycles. The summed E-state index contributed by atoms with van der Waals surface area (Å²) in [6.07, 6.45) is 0.656. The van der Waals surface area contributed by atoms with Crippen molar-refractivity contribution in [3.63, 3.8) is 0 Å². The molecule has 0 unspecified atom stereocenters. The fourth-order valence-corrected chi connectivity index (χ4v) is 4.27. The number of carbonyl (C=O) groups excluding carboxylic acids is 2. The predicted molar refractivity (Wildman–Crippen MR) is 129 cm³/mol. The van der Waals surface area contributed by atoms with E-state index in [-0.39, 0.29) is 24.6 Å². The molecule has 1 saturated heterocycles. The molecule has 2 N–H and O–H groups in total. The van der Waals surface area contributed by atoms with Gasteiger partial charge in [-0.15, -0.1) is 0 Å². The van der Waals surface area contributed by atoms with Crippen LogP contribution in [0, 0.1) is 0 Å². The number of anilines is 2. The number of urea groups is 1. The Bertz CT molecular complexity index is 1030. The zero-order chi connectivity index (χ0) is 24.1.